The van der Waals surface area contributed by atoms with Gasteiger partial charge in [0.1, 0.15) is 0 Å². The molecule has 9 heteroatoms. The van der Waals surface area contributed by atoms with Gasteiger partial charge in [0.15, 0.2) is 5.01 Å². The fourth-order valence-electron chi connectivity index (χ4n) is 2.35. The van der Waals surface area contributed by atoms with Crippen molar-refractivity contribution in [2.45, 2.75) is 10.6 Å². The van der Waals surface area contributed by atoms with Crippen LogP contribution in [0.1, 0.15) is 16.1 Å². The van der Waals surface area contributed by atoms with E-state index in [0.29, 0.717) is 21.3 Å². The van der Waals surface area contributed by atoms with Crippen molar-refractivity contribution in [1.29, 1.82) is 0 Å². The third-order valence-electron chi connectivity index (χ3n) is 3.52. The number of hydrogen-bond donors (Lipinski definition) is 1. The quantitative estimate of drug-likeness (QED) is 0.511. The van der Waals surface area contributed by atoms with E-state index in [1.54, 1.807) is 35.6 Å². The molecule has 0 atom stereocenters. The number of rotatable bonds is 5. The Balaban J connectivity index is 1.64. The number of aromatic nitrogens is 3. The van der Waals surface area contributed by atoms with Crippen molar-refractivity contribution in [1.82, 2.24) is 14.6 Å². The Kier molecular flexibility index (Phi) is 4.58. The van der Waals surface area contributed by atoms with Crippen LogP contribution < -0.4 is 5.56 Å². The molecule has 0 saturated carbocycles. The first-order valence-electron chi connectivity index (χ1n) is 7.50. The van der Waals surface area contributed by atoms with E-state index >= 15 is 0 Å². The number of carbonyl (C=O) groups is 1. The van der Waals surface area contributed by atoms with E-state index < -0.39 is 5.97 Å². The largest absolute Gasteiger partial charge is 0.478 e. The maximum Gasteiger partial charge on any atom is 0.336 e. The Hall–Kier alpha value is -2.49. The number of benzene rings is 1. The van der Waals surface area contributed by atoms with Gasteiger partial charge < -0.3 is 5.11 Å². The standard InChI is InChI=1S/C17H11N3O3S3/c21-14-8-10(9-25-12-5-2-1-4-11(12)16(22)23)18-17-20(14)19-15(26-17)13-6-3-7-24-13/h1-8H,9H2,(H,22,23). The Morgan fingerprint density at radius 1 is 1.23 bits per heavy atom. The van der Waals surface area contributed by atoms with Gasteiger partial charge in [-0.3, -0.25) is 4.79 Å². The van der Waals surface area contributed by atoms with Gasteiger partial charge in [-0.1, -0.05) is 29.5 Å². The molecule has 3 aromatic heterocycles. The molecule has 0 amide bonds. The number of aromatic carboxylic acids is 1. The molecule has 0 fully saturated rings. The molecule has 0 unspecified atom stereocenters. The van der Waals surface area contributed by atoms with Gasteiger partial charge in [-0.25, -0.2) is 9.78 Å². The van der Waals surface area contributed by atoms with Crippen LogP contribution in [0.2, 0.25) is 0 Å². The summed E-state index contributed by atoms with van der Waals surface area (Å²) in [5.74, 6) is -0.568. The summed E-state index contributed by atoms with van der Waals surface area (Å²) in [4.78, 5) is 30.3. The highest BCUT2D eigenvalue weighted by Gasteiger charge is 2.13. The molecule has 4 aromatic rings. The average Bonchev–Trinajstić information content (AvgIpc) is 3.29. The molecule has 0 aliphatic rings. The van der Waals surface area contributed by atoms with Crippen molar-refractivity contribution in [3.8, 4) is 9.88 Å². The van der Waals surface area contributed by atoms with Crippen LogP contribution in [0.15, 0.2) is 57.5 Å². The van der Waals surface area contributed by atoms with Crippen LogP contribution in [-0.2, 0) is 5.75 Å². The third-order valence-corrected chi connectivity index (χ3v) is 6.58. The molecule has 1 N–H and O–H groups in total. The van der Waals surface area contributed by atoms with E-state index in [2.05, 4.69) is 10.1 Å². The normalized spacial score (nSPS) is 11.1. The number of carboxylic acids is 1. The predicted molar refractivity (Wildman–Crippen MR) is 103 cm³/mol. The highest BCUT2D eigenvalue weighted by molar-refractivity contribution is 7.98. The van der Waals surface area contributed by atoms with E-state index in [1.807, 2.05) is 17.5 Å². The van der Waals surface area contributed by atoms with Gasteiger partial charge in [-0.05, 0) is 23.6 Å². The lowest BCUT2D eigenvalue weighted by molar-refractivity contribution is 0.0693. The molecule has 130 valence electrons. The number of carboxylic acid groups (broad SMARTS) is 1. The lowest BCUT2D eigenvalue weighted by Crippen LogP contribution is -2.15. The number of hydrogen-bond acceptors (Lipinski definition) is 7. The van der Waals surface area contributed by atoms with E-state index in [1.165, 1.54) is 33.7 Å². The summed E-state index contributed by atoms with van der Waals surface area (Å²) >= 11 is 4.26. The topological polar surface area (TPSA) is 84.6 Å². The Labute approximate surface area is 159 Å². The fourth-order valence-corrected chi connectivity index (χ4v) is 5.00. The van der Waals surface area contributed by atoms with Gasteiger partial charge in [0, 0.05) is 16.7 Å². The van der Waals surface area contributed by atoms with Crippen molar-refractivity contribution in [2.75, 3.05) is 0 Å². The molecule has 1 aromatic carbocycles. The number of fused-ring (bicyclic) bond motifs is 1. The minimum atomic E-state index is -0.973. The Bertz CT molecular complexity index is 1150. The fraction of sp³-hybridized carbons (Fsp3) is 0.0588. The average molecular weight is 401 g/mol. The van der Waals surface area contributed by atoms with E-state index in [-0.39, 0.29) is 11.1 Å². The molecule has 0 radical (unpaired) electrons. The Morgan fingerprint density at radius 3 is 2.85 bits per heavy atom. The second-order valence-electron chi connectivity index (χ2n) is 5.25. The molecule has 4 rings (SSSR count). The van der Waals surface area contributed by atoms with E-state index in [9.17, 15) is 14.7 Å². The summed E-state index contributed by atoms with van der Waals surface area (Å²) in [5.41, 5.74) is 0.603. The van der Waals surface area contributed by atoms with Gasteiger partial charge in [0.25, 0.3) is 5.56 Å². The zero-order valence-corrected chi connectivity index (χ0v) is 15.6. The molecule has 0 aliphatic heterocycles. The van der Waals surface area contributed by atoms with Crippen molar-refractivity contribution >= 4 is 45.4 Å². The van der Waals surface area contributed by atoms with Crippen LogP contribution in [0.25, 0.3) is 14.8 Å². The van der Waals surface area contributed by atoms with Crippen LogP contribution in [0, 0.1) is 0 Å². The van der Waals surface area contributed by atoms with Crippen LogP contribution >= 0.6 is 34.4 Å². The third kappa shape index (κ3) is 3.28. The predicted octanol–water partition coefficient (Wildman–Crippen LogP) is 3.87. The van der Waals surface area contributed by atoms with E-state index in [4.69, 9.17) is 0 Å². The van der Waals surface area contributed by atoms with Crippen LogP contribution in [0.4, 0.5) is 0 Å². The van der Waals surface area contributed by atoms with Crippen molar-refractivity contribution < 1.29 is 9.90 Å². The van der Waals surface area contributed by atoms with E-state index in [0.717, 1.165) is 9.88 Å². The van der Waals surface area contributed by atoms with Crippen LogP contribution in [0.3, 0.4) is 0 Å². The first-order chi connectivity index (χ1) is 12.6. The first kappa shape index (κ1) is 17.0. The summed E-state index contributed by atoms with van der Waals surface area (Å²) in [6.45, 7) is 0. The molecule has 0 saturated heterocycles. The lowest BCUT2D eigenvalue weighted by Gasteiger charge is -2.05. The van der Waals surface area contributed by atoms with Crippen LogP contribution in [-0.4, -0.2) is 25.7 Å². The second-order valence-corrected chi connectivity index (χ2v) is 8.18. The highest BCUT2D eigenvalue weighted by Crippen LogP contribution is 2.29. The zero-order valence-electron chi connectivity index (χ0n) is 13.2. The smallest absolute Gasteiger partial charge is 0.336 e. The summed E-state index contributed by atoms with van der Waals surface area (Å²) in [7, 11) is 0. The number of thiophene rings is 1. The van der Waals surface area contributed by atoms with Gasteiger partial charge >= 0.3 is 5.97 Å². The minimum Gasteiger partial charge on any atom is -0.478 e. The monoisotopic (exact) mass is 401 g/mol. The second kappa shape index (κ2) is 7.02. The molecule has 26 heavy (non-hydrogen) atoms. The molecule has 0 bridgehead atoms. The zero-order chi connectivity index (χ0) is 18.1. The SMILES string of the molecule is O=C(O)c1ccccc1SCc1cc(=O)n2nc(-c3cccs3)sc2n1. The molecule has 3 heterocycles. The summed E-state index contributed by atoms with van der Waals surface area (Å²) < 4.78 is 1.30. The summed E-state index contributed by atoms with van der Waals surface area (Å²) in [5, 5.41) is 16.3. The number of thioether (sulfide) groups is 1. The van der Waals surface area contributed by atoms with Crippen molar-refractivity contribution in [3.05, 3.63) is 69.5 Å². The maximum atomic E-state index is 12.3. The minimum absolute atomic E-state index is 0.240. The van der Waals surface area contributed by atoms with Crippen molar-refractivity contribution in [3.63, 3.8) is 0 Å². The molecule has 0 spiro atoms. The number of nitrogens with zero attached hydrogens (tertiary/aromatic N) is 3. The molecule has 0 aliphatic carbocycles. The maximum absolute atomic E-state index is 12.3. The van der Waals surface area contributed by atoms with Crippen LogP contribution in [0.5, 0.6) is 0 Å². The van der Waals surface area contributed by atoms with Gasteiger partial charge in [-0.2, -0.15) is 9.61 Å². The van der Waals surface area contributed by atoms with Gasteiger partial charge in [-0.15, -0.1) is 23.1 Å². The molecule has 6 nitrogen and oxygen atoms in total. The molecular formula is C17H11N3O3S3. The summed E-state index contributed by atoms with van der Waals surface area (Å²) in [6.07, 6.45) is 0. The van der Waals surface area contributed by atoms with Gasteiger partial charge in [0.2, 0.25) is 4.96 Å². The lowest BCUT2D eigenvalue weighted by atomic mass is 10.2. The summed E-state index contributed by atoms with van der Waals surface area (Å²) in [6, 6.07) is 12.1. The van der Waals surface area contributed by atoms with Crippen molar-refractivity contribution in [2.24, 2.45) is 0 Å². The Morgan fingerprint density at radius 2 is 2.08 bits per heavy atom. The molecular weight excluding hydrogens is 390 g/mol. The van der Waals surface area contributed by atoms with Gasteiger partial charge in [0.05, 0.1) is 16.1 Å². The highest BCUT2D eigenvalue weighted by atomic mass is 32.2. The first-order valence-corrected chi connectivity index (χ1v) is 10.2.